The number of hydrogen-bond donors (Lipinski definition) is 0. The molecule has 3 heterocycles. The first kappa shape index (κ1) is 50.0. The van der Waals surface area contributed by atoms with E-state index >= 15 is 0 Å². The second-order valence-electron chi connectivity index (χ2n) is 17.1. The zero-order valence-corrected chi connectivity index (χ0v) is 41.5. The van der Waals surface area contributed by atoms with Crippen LogP contribution >= 0.6 is 0 Å². The minimum Gasteiger partial charge on any atom is -0.508 e. The zero-order valence-electron chi connectivity index (χ0n) is 39.1. The van der Waals surface area contributed by atoms with E-state index in [4.69, 9.17) is 15.2 Å². The molecule has 10 heteroatoms. The van der Waals surface area contributed by atoms with Gasteiger partial charge in [0, 0.05) is 66.5 Å². The van der Waals surface area contributed by atoms with Crippen molar-refractivity contribution in [2.75, 3.05) is 11.9 Å². The number of nitrogens with zero attached hydrogens (tertiary/aromatic N) is 5. The Kier molecular flexibility index (Phi) is 16.0. The van der Waals surface area contributed by atoms with Gasteiger partial charge in [-0.15, -0.1) is 36.0 Å². The van der Waals surface area contributed by atoms with Crippen molar-refractivity contribution < 1.29 is 37.7 Å². The molecule has 2 aromatic heterocycles. The van der Waals surface area contributed by atoms with Crippen LogP contribution < -0.4 is 4.90 Å². The largest absolute Gasteiger partial charge is 0.508 e. The number of aryl methyl sites for hydroxylation is 8. The Bertz CT molecular complexity index is 2820. The van der Waals surface area contributed by atoms with E-state index in [0.29, 0.717) is 29.8 Å². The number of pyridine rings is 2. The maximum Gasteiger partial charge on any atom is 0.0408 e. The molecule has 0 atom stereocenters. The van der Waals surface area contributed by atoms with E-state index in [-0.39, 0.29) is 31.2 Å². The Morgan fingerprint density at radius 1 is 0.582 bits per heavy atom. The van der Waals surface area contributed by atoms with Crippen LogP contribution in [0.2, 0.25) is 0 Å². The predicted octanol–water partition coefficient (Wildman–Crippen LogP) is 14.2. The van der Waals surface area contributed by atoms with E-state index in [1.54, 1.807) is 12.1 Å². The number of halogens is 4. The predicted molar refractivity (Wildman–Crippen MR) is 256 cm³/mol. The zero-order chi connectivity index (χ0) is 47.4. The molecule has 0 saturated heterocycles. The van der Waals surface area contributed by atoms with E-state index in [2.05, 4.69) is 114 Å². The molecule has 0 saturated carbocycles. The molecule has 0 bridgehead atoms. The van der Waals surface area contributed by atoms with E-state index < -0.39 is 23.3 Å². The number of hydrogen-bond acceptors (Lipinski definition) is 5. The first-order valence-electron chi connectivity index (χ1n) is 21.9. The summed E-state index contributed by atoms with van der Waals surface area (Å²) < 4.78 is 57.5. The second-order valence-corrected chi connectivity index (χ2v) is 17.1. The van der Waals surface area contributed by atoms with Crippen LogP contribution in [0.15, 0.2) is 102 Å². The molecular formula is C57H51F4IrN5-4. The van der Waals surface area contributed by atoms with Crippen molar-refractivity contribution in [3.05, 3.63) is 201 Å². The smallest absolute Gasteiger partial charge is 0.0408 e. The SMILES string of the molecule is CC1=C(C)N(c2[c-]cc(C#N)cc2)[CH-]N1C.Cc1cc(C)c(-c2cc(CCCCc3cc(-c4c(C)cc(C)cc4C)cc(-c4[c-]cc(F)cc4F)n3)nc(-c3[c-]cc(F)cc3F)c2)c(C)c1.[Ir]. The van der Waals surface area contributed by atoms with Gasteiger partial charge in [-0.05, 0) is 162 Å². The van der Waals surface area contributed by atoms with Crippen LogP contribution in [0.5, 0.6) is 0 Å². The van der Waals surface area contributed by atoms with Gasteiger partial charge in [-0.3, -0.25) is 17.6 Å². The van der Waals surface area contributed by atoms with Crippen LogP contribution in [0.3, 0.4) is 0 Å². The van der Waals surface area contributed by atoms with Crippen LogP contribution in [-0.4, -0.2) is 21.9 Å². The summed E-state index contributed by atoms with van der Waals surface area (Å²) in [5, 5.41) is 8.72. The number of nitriles is 1. The molecule has 67 heavy (non-hydrogen) atoms. The van der Waals surface area contributed by atoms with Gasteiger partial charge in [0.05, 0.1) is 0 Å². The summed E-state index contributed by atoms with van der Waals surface area (Å²) >= 11 is 0. The molecule has 345 valence electrons. The summed E-state index contributed by atoms with van der Waals surface area (Å²) in [4.78, 5) is 13.7. The third-order valence-electron chi connectivity index (χ3n) is 11.9. The first-order valence-corrected chi connectivity index (χ1v) is 21.9. The number of allylic oxidation sites excluding steroid dienone is 2. The molecule has 0 unspecified atom stereocenters. The first-order chi connectivity index (χ1) is 31.5. The van der Waals surface area contributed by atoms with Crippen molar-refractivity contribution in [3.63, 3.8) is 0 Å². The Balaban J connectivity index is 0.000000367. The molecule has 7 aromatic rings. The maximum atomic E-state index is 15.0. The van der Waals surface area contributed by atoms with Gasteiger partial charge in [-0.25, -0.2) is 5.26 Å². The molecule has 1 aliphatic rings. The van der Waals surface area contributed by atoms with E-state index in [0.717, 1.165) is 110 Å². The summed E-state index contributed by atoms with van der Waals surface area (Å²) in [6, 6.07) is 36.3. The summed E-state index contributed by atoms with van der Waals surface area (Å²) in [5.41, 5.74) is 17.3. The van der Waals surface area contributed by atoms with E-state index in [1.165, 1.54) is 11.4 Å². The number of aromatic nitrogens is 2. The number of rotatable bonds is 10. The van der Waals surface area contributed by atoms with Gasteiger partial charge in [-0.2, -0.15) is 24.9 Å². The minimum absolute atomic E-state index is 0. The normalized spacial score (nSPS) is 12.2. The van der Waals surface area contributed by atoms with Crippen molar-refractivity contribution in [1.82, 2.24) is 14.9 Å². The van der Waals surface area contributed by atoms with E-state index in [9.17, 15) is 17.6 Å². The van der Waals surface area contributed by atoms with Crippen LogP contribution in [0.4, 0.5) is 23.2 Å². The van der Waals surface area contributed by atoms with Crippen molar-refractivity contribution >= 4 is 5.69 Å². The quantitative estimate of drug-likeness (QED) is 0.0776. The van der Waals surface area contributed by atoms with Crippen molar-refractivity contribution in [3.8, 4) is 50.8 Å². The molecule has 1 radical (unpaired) electrons. The average Bonchev–Trinajstić information content (AvgIpc) is 3.51. The summed E-state index contributed by atoms with van der Waals surface area (Å²) in [6.07, 6.45) is 2.71. The van der Waals surface area contributed by atoms with Crippen LogP contribution in [0.1, 0.15) is 77.0 Å². The van der Waals surface area contributed by atoms with Gasteiger partial charge >= 0.3 is 0 Å². The third kappa shape index (κ3) is 11.6. The molecule has 5 aromatic carbocycles. The summed E-state index contributed by atoms with van der Waals surface area (Å²) in [5.74, 6) is -2.81. The van der Waals surface area contributed by atoms with Gasteiger partial charge in [0.1, 0.15) is 0 Å². The number of unbranched alkanes of at least 4 members (excludes halogenated alkanes) is 1. The van der Waals surface area contributed by atoms with Gasteiger partial charge in [0.25, 0.3) is 0 Å². The second kappa shape index (κ2) is 21.5. The average molecular weight is 1070 g/mol. The molecule has 0 aliphatic carbocycles. The molecule has 0 amide bonds. The Morgan fingerprint density at radius 2 is 1.03 bits per heavy atom. The fourth-order valence-electron chi connectivity index (χ4n) is 8.80. The molecule has 5 nitrogen and oxygen atoms in total. The van der Waals surface area contributed by atoms with Gasteiger partial charge in [0.2, 0.25) is 0 Å². The van der Waals surface area contributed by atoms with E-state index in [1.807, 2.05) is 44.0 Å². The fraction of sp³-hybridized carbons (Fsp3) is 0.228. The molecular weight excluding hydrogens is 1020 g/mol. The third-order valence-corrected chi connectivity index (χ3v) is 11.9. The van der Waals surface area contributed by atoms with Crippen molar-refractivity contribution in [2.24, 2.45) is 0 Å². The fourth-order valence-corrected chi connectivity index (χ4v) is 8.80. The molecule has 0 spiro atoms. The number of benzene rings is 5. The van der Waals surface area contributed by atoms with Crippen LogP contribution in [0.25, 0.3) is 44.8 Å². The summed E-state index contributed by atoms with van der Waals surface area (Å²) in [7, 11) is 2.02. The maximum absolute atomic E-state index is 15.0. The molecule has 1 aliphatic heterocycles. The van der Waals surface area contributed by atoms with Gasteiger partial charge < -0.3 is 19.8 Å². The van der Waals surface area contributed by atoms with Gasteiger partial charge in [-0.1, -0.05) is 76.3 Å². The Morgan fingerprint density at radius 3 is 1.39 bits per heavy atom. The monoisotopic (exact) mass is 1070 g/mol. The Labute approximate surface area is 406 Å². The summed E-state index contributed by atoms with van der Waals surface area (Å²) in [6.45, 7) is 18.5. The van der Waals surface area contributed by atoms with Crippen molar-refractivity contribution in [1.29, 1.82) is 5.26 Å². The Hall–Kier alpha value is -6.40. The van der Waals surface area contributed by atoms with Crippen molar-refractivity contribution in [2.45, 2.75) is 81.1 Å². The minimum atomic E-state index is -0.714. The standard InChI is InChI=1S/C44H38F4N2.C13H13N3.Ir/c1-25-15-27(3)43(28(4)16-25)31-19-35(49-41(21-31)37-13-11-33(45)23-39(37)47)9-7-8-10-36-20-32(44-29(5)17-26(2)18-30(44)6)22-42(50-36)38-14-12-34(46)24-40(38)48;1-10-11(2)16(9-15(10)3)13-6-4-12(8-14)5-7-13;/h11-12,15-24H,7-10H2,1-6H3;4-6,9H,1-3H3;/q2*-2;. The number of anilines is 1. The molecule has 8 rings (SSSR count). The molecule has 0 N–H and O–H groups in total. The topological polar surface area (TPSA) is 56.1 Å². The van der Waals surface area contributed by atoms with Crippen LogP contribution in [-0.2, 0) is 32.9 Å². The van der Waals surface area contributed by atoms with Crippen LogP contribution in [0, 0.1) is 101 Å². The molecule has 0 fully saturated rings. The van der Waals surface area contributed by atoms with Gasteiger partial charge in [0.15, 0.2) is 0 Å².